The highest BCUT2D eigenvalue weighted by Crippen LogP contribution is 2.25. The zero-order valence-corrected chi connectivity index (χ0v) is 40.0. The Morgan fingerprint density at radius 1 is 0.688 bits per heavy atom. The molecule has 1 fully saturated rings. The number of nitrogens with one attached hydrogen (secondary N) is 1. The van der Waals surface area contributed by atoms with E-state index in [9.17, 15) is 35.4 Å². The average molecular weight is 902 g/mol. The van der Waals surface area contributed by atoms with Crippen molar-refractivity contribution < 1.29 is 44.9 Å². The number of amides is 1. The molecule has 368 valence electrons. The number of rotatable bonds is 39. The molecule has 12 heteroatoms. The third kappa shape index (κ3) is 22.9. The molecule has 12 nitrogen and oxygen atoms in total. The average Bonchev–Trinajstić information content (AvgIpc) is 3.79. The van der Waals surface area contributed by atoms with Crippen LogP contribution in [0.15, 0.2) is 36.7 Å². The summed E-state index contributed by atoms with van der Waals surface area (Å²) in [5.74, 6) is -0.311. The lowest BCUT2D eigenvalue weighted by molar-refractivity contribution is -0.303. The summed E-state index contributed by atoms with van der Waals surface area (Å²) in [7, 11) is 0. The minimum Gasteiger partial charge on any atom is -0.394 e. The molecule has 1 aliphatic rings. The first-order valence-electron chi connectivity index (χ1n) is 25.9. The van der Waals surface area contributed by atoms with Crippen molar-refractivity contribution in [3.63, 3.8) is 0 Å². The van der Waals surface area contributed by atoms with Gasteiger partial charge in [-0.2, -0.15) is 5.10 Å². The maximum Gasteiger partial charge on any atom is 0.220 e. The van der Waals surface area contributed by atoms with E-state index in [4.69, 9.17) is 9.47 Å². The van der Waals surface area contributed by atoms with Crippen molar-refractivity contribution in [1.82, 2.24) is 15.1 Å². The van der Waals surface area contributed by atoms with E-state index in [1.54, 1.807) is 10.9 Å². The van der Waals surface area contributed by atoms with Gasteiger partial charge in [-0.05, 0) is 43.2 Å². The van der Waals surface area contributed by atoms with Crippen molar-refractivity contribution in [3.05, 3.63) is 53.3 Å². The Morgan fingerprint density at radius 3 is 1.70 bits per heavy atom. The summed E-state index contributed by atoms with van der Waals surface area (Å²) in [5, 5.41) is 70.4. The molecule has 0 bridgehead atoms. The molecule has 1 saturated heterocycles. The number of unbranched alkanes of at least 4 members (excludes halogenated alkanes) is 24. The molecule has 2 heterocycles. The van der Waals surface area contributed by atoms with Crippen LogP contribution in [-0.4, -0.2) is 102 Å². The summed E-state index contributed by atoms with van der Waals surface area (Å²) in [6.45, 7) is 4.07. The Kier molecular flexibility index (Phi) is 30.4. The van der Waals surface area contributed by atoms with E-state index in [-0.39, 0.29) is 18.9 Å². The Bertz CT molecular complexity index is 1430. The number of ether oxygens (including phenoxy) is 2. The number of benzene rings is 1. The number of aromatic nitrogens is 2. The van der Waals surface area contributed by atoms with Crippen LogP contribution in [0.4, 0.5) is 0 Å². The number of aliphatic hydroxyl groups excluding tert-OH is 6. The largest absolute Gasteiger partial charge is 0.394 e. The molecular weight excluding hydrogens is 811 g/mol. The van der Waals surface area contributed by atoms with Crippen molar-refractivity contribution in [1.29, 1.82) is 0 Å². The molecule has 1 aromatic carbocycles. The monoisotopic (exact) mass is 902 g/mol. The second-order valence-corrected chi connectivity index (χ2v) is 18.7. The van der Waals surface area contributed by atoms with Crippen LogP contribution in [0.2, 0.25) is 0 Å². The van der Waals surface area contributed by atoms with Crippen molar-refractivity contribution in [2.24, 2.45) is 0 Å². The van der Waals surface area contributed by atoms with E-state index in [1.807, 2.05) is 0 Å². The first-order chi connectivity index (χ1) is 31.2. The van der Waals surface area contributed by atoms with Gasteiger partial charge in [0, 0.05) is 24.7 Å². The topological polar surface area (TPSA) is 187 Å². The number of carbonyl (C=O) groups excluding carboxylic acids is 1. The molecule has 1 aliphatic heterocycles. The molecule has 64 heavy (non-hydrogen) atoms. The molecule has 0 aliphatic carbocycles. The molecule has 7 N–H and O–H groups in total. The number of hydrogen-bond donors (Lipinski definition) is 7. The van der Waals surface area contributed by atoms with Crippen LogP contribution in [0, 0.1) is 0 Å². The first-order valence-corrected chi connectivity index (χ1v) is 25.9. The highest BCUT2D eigenvalue weighted by molar-refractivity contribution is 5.76. The van der Waals surface area contributed by atoms with Gasteiger partial charge >= 0.3 is 0 Å². The highest BCUT2D eigenvalue weighted by Gasteiger charge is 2.44. The molecule has 1 aromatic heterocycles. The lowest BCUT2D eigenvalue weighted by Gasteiger charge is -2.40. The zero-order valence-electron chi connectivity index (χ0n) is 40.0. The van der Waals surface area contributed by atoms with Gasteiger partial charge in [0.05, 0.1) is 25.5 Å². The van der Waals surface area contributed by atoms with Crippen molar-refractivity contribution in [3.8, 4) is 0 Å². The molecule has 3 rings (SSSR count). The fraction of sp³-hybridized carbons (Fsp3) is 0.808. The van der Waals surface area contributed by atoms with E-state index < -0.39 is 55.6 Å². The molecule has 1 amide bonds. The zero-order chi connectivity index (χ0) is 46.2. The van der Waals surface area contributed by atoms with Gasteiger partial charge in [-0.15, -0.1) is 0 Å². The van der Waals surface area contributed by atoms with Crippen molar-refractivity contribution in [2.75, 3.05) is 13.2 Å². The maximum absolute atomic E-state index is 13.2. The van der Waals surface area contributed by atoms with Gasteiger partial charge in [0.2, 0.25) is 5.91 Å². The number of nitrogens with zero attached hydrogens (tertiary/aromatic N) is 2. The van der Waals surface area contributed by atoms with Gasteiger partial charge in [-0.3, -0.25) is 9.48 Å². The molecule has 0 radical (unpaired) electrons. The second-order valence-electron chi connectivity index (χ2n) is 18.7. The quantitative estimate of drug-likeness (QED) is 0.0320. The predicted molar refractivity (Wildman–Crippen MR) is 255 cm³/mol. The van der Waals surface area contributed by atoms with Gasteiger partial charge in [0.15, 0.2) is 6.29 Å². The normalized spacial score (nSPS) is 20.3. The molecule has 0 unspecified atom stereocenters. The predicted octanol–water partition coefficient (Wildman–Crippen LogP) is 8.94. The maximum atomic E-state index is 13.2. The van der Waals surface area contributed by atoms with Gasteiger partial charge in [0.1, 0.15) is 36.6 Å². The number of carbonyl (C=O) groups is 1. The summed E-state index contributed by atoms with van der Waals surface area (Å²) >= 11 is 0. The lowest BCUT2D eigenvalue weighted by atomic mass is 9.99. The Morgan fingerprint density at radius 2 is 1.19 bits per heavy atom. The van der Waals surface area contributed by atoms with E-state index in [0.29, 0.717) is 18.5 Å². The summed E-state index contributed by atoms with van der Waals surface area (Å²) in [4.78, 5) is 13.2. The smallest absolute Gasteiger partial charge is 0.220 e. The molecule has 2 aromatic rings. The van der Waals surface area contributed by atoms with Crippen LogP contribution in [0.5, 0.6) is 0 Å². The third-order valence-corrected chi connectivity index (χ3v) is 13.2. The summed E-state index contributed by atoms with van der Waals surface area (Å²) in [5.41, 5.74) is 3.04. The van der Waals surface area contributed by atoms with Crippen molar-refractivity contribution in [2.45, 2.75) is 256 Å². The fourth-order valence-electron chi connectivity index (χ4n) is 8.77. The van der Waals surface area contributed by atoms with Crippen LogP contribution < -0.4 is 5.32 Å². The SMILES string of the molecule is CCCCCCCCCCCCCCCCCCCCCCCCCC(=O)N[C@@H](CO[C@H]1O[C@H](CO)[C@H](O)[C@H](O)[C@H]1O)[C@H](O)[C@H](O)c1cnn(CCCCCc2ccc(CC)cc2)c1. The highest BCUT2D eigenvalue weighted by atomic mass is 16.7. The molecule has 0 spiro atoms. The van der Waals surface area contributed by atoms with Crippen LogP contribution in [0.1, 0.15) is 210 Å². The summed E-state index contributed by atoms with van der Waals surface area (Å²) < 4.78 is 13.0. The Hall–Kier alpha value is -2.42. The van der Waals surface area contributed by atoms with E-state index in [0.717, 1.165) is 51.4 Å². The summed E-state index contributed by atoms with van der Waals surface area (Å²) in [6, 6.07) is 7.64. The van der Waals surface area contributed by atoms with E-state index in [2.05, 4.69) is 48.5 Å². The third-order valence-electron chi connectivity index (χ3n) is 13.2. The van der Waals surface area contributed by atoms with Crippen LogP contribution >= 0.6 is 0 Å². The van der Waals surface area contributed by atoms with Crippen LogP contribution in [0.25, 0.3) is 0 Å². The second kappa shape index (κ2) is 34.8. The number of aliphatic hydroxyl groups is 6. The standard InChI is InChI=1S/C52H91N3O9/c1-3-5-6-7-8-9-10-11-12-13-14-15-16-17-18-19-20-21-22-23-24-25-28-31-46(57)54-44(40-63-52-51(62)50(61)49(60)45(39-56)64-52)48(59)47(58)43-37-53-55(38-43)36-29-26-27-30-42-34-32-41(4-2)33-35-42/h32-35,37-38,44-45,47-52,56,58-62H,3-31,36,39-40H2,1-2H3,(H,54,57)/t44-,45+,47+,48-,49-,50-,51+,52-/m0/s1. The van der Waals surface area contributed by atoms with Crippen LogP contribution in [0.3, 0.4) is 0 Å². The molecular formula is C52H91N3O9. The summed E-state index contributed by atoms with van der Waals surface area (Å²) in [6.07, 6.45) is 27.8. The first kappa shape index (κ1) is 55.9. The van der Waals surface area contributed by atoms with E-state index in [1.165, 1.54) is 139 Å². The number of hydrogen-bond acceptors (Lipinski definition) is 10. The van der Waals surface area contributed by atoms with Gasteiger partial charge in [-0.25, -0.2) is 0 Å². The van der Waals surface area contributed by atoms with Gasteiger partial charge < -0.3 is 45.4 Å². The van der Waals surface area contributed by atoms with Gasteiger partial charge in [0.25, 0.3) is 0 Å². The van der Waals surface area contributed by atoms with Gasteiger partial charge in [-0.1, -0.05) is 186 Å². The minimum atomic E-state index is -1.65. The lowest BCUT2D eigenvalue weighted by Crippen LogP contribution is -2.60. The van der Waals surface area contributed by atoms with Crippen LogP contribution in [-0.2, 0) is 33.7 Å². The number of aryl methyl sites for hydroxylation is 3. The minimum absolute atomic E-state index is 0.237. The Balaban J connectivity index is 1.31. The Labute approximate surface area is 386 Å². The van der Waals surface area contributed by atoms with E-state index >= 15 is 0 Å². The molecule has 0 saturated carbocycles. The van der Waals surface area contributed by atoms with Crippen molar-refractivity contribution >= 4 is 5.91 Å². The molecule has 8 atom stereocenters. The fourth-order valence-corrected chi connectivity index (χ4v) is 8.77.